The molecule has 3 aliphatic rings. The summed E-state index contributed by atoms with van der Waals surface area (Å²) < 4.78 is 5.85. The summed E-state index contributed by atoms with van der Waals surface area (Å²) in [5.74, 6) is 0.128. The zero-order valence-corrected chi connectivity index (χ0v) is 12.0. The number of hydrazone groups is 1. The van der Waals surface area contributed by atoms with Crippen molar-refractivity contribution in [2.45, 2.75) is 6.42 Å². The SMILES string of the molecule is O=C1[C@@H]2[C@H](C(=O)N1/N=C\c1ccc(Br)o1)[C@H]1C=C[C@H]2C1. The van der Waals surface area contributed by atoms with E-state index in [1.54, 1.807) is 12.1 Å². The summed E-state index contributed by atoms with van der Waals surface area (Å²) in [4.78, 5) is 24.7. The summed E-state index contributed by atoms with van der Waals surface area (Å²) in [6, 6.07) is 3.44. The monoisotopic (exact) mass is 334 g/mol. The molecule has 2 fully saturated rings. The van der Waals surface area contributed by atoms with E-state index < -0.39 is 0 Å². The molecule has 5 nitrogen and oxygen atoms in total. The smallest absolute Gasteiger partial charge is 0.254 e. The fourth-order valence-electron chi connectivity index (χ4n) is 3.51. The van der Waals surface area contributed by atoms with E-state index in [2.05, 4.69) is 33.2 Å². The van der Waals surface area contributed by atoms with E-state index in [1.807, 2.05) is 0 Å². The molecule has 4 atom stereocenters. The quantitative estimate of drug-likeness (QED) is 0.473. The van der Waals surface area contributed by atoms with Crippen molar-refractivity contribution in [2.75, 3.05) is 0 Å². The number of carbonyl (C=O) groups is 2. The predicted molar refractivity (Wildman–Crippen MR) is 73.6 cm³/mol. The minimum Gasteiger partial charge on any atom is -0.448 e. The van der Waals surface area contributed by atoms with Gasteiger partial charge in [-0.1, -0.05) is 12.2 Å². The number of hydrogen-bond acceptors (Lipinski definition) is 4. The van der Waals surface area contributed by atoms with E-state index in [1.165, 1.54) is 6.21 Å². The van der Waals surface area contributed by atoms with Gasteiger partial charge in [0.15, 0.2) is 4.67 Å². The van der Waals surface area contributed by atoms with E-state index in [4.69, 9.17) is 4.42 Å². The second-order valence-electron chi connectivity index (χ2n) is 5.37. The molecule has 0 unspecified atom stereocenters. The van der Waals surface area contributed by atoms with E-state index in [-0.39, 0.29) is 35.5 Å². The zero-order chi connectivity index (χ0) is 13.9. The highest BCUT2D eigenvalue weighted by atomic mass is 79.9. The van der Waals surface area contributed by atoms with Gasteiger partial charge in [-0.05, 0) is 46.3 Å². The third-order valence-corrected chi connectivity index (χ3v) is 4.77. The molecule has 20 heavy (non-hydrogen) atoms. The molecule has 2 amide bonds. The molecule has 4 rings (SSSR count). The Morgan fingerprint density at radius 2 is 1.85 bits per heavy atom. The molecule has 1 saturated carbocycles. The van der Waals surface area contributed by atoms with Crippen LogP contribution in [0.2, 0.25) is 0 Å². The average Bonchev–Trinajstić information content (AvgIpc) is 3.15. The minimum absolute atomic E-state index is 0.182. The van der Waals surface area contributed by atoms with Crippen molar-refractivity contribution in [3.63, 3.8) is 0 Å². The van der Waals surface area contributed by atoms with Crippen LogP contribution in [0.25, 0.3) is 0 Å². The largest absolute Gasteiger partial charge is 0.448 e. The summed E-state index contributed by atoms with van der Waals surface area (Å²) in [5.41, 5.74) is 0. The van der Waals surface area contributed by atoms with Gasteiger partial charge in [0.2, 0.25) is 0 Å². The molecular formula is C14H11BrN2O3. The van der Waals surface area contributed by atoms with Gasteiger partial charge in [-0.15, -0.1) is 0 Å². The van der Waals surface area contributed by atoms with E-state index in [9.17, 15) is 9.59 Å². The van der Waals surface area contributed by atoms with Gasteiger partial charge in [-0.2, -0.15) is 10.1 Å². The second-order valence-corrected chi connectivity index (χ2v) is 6.16. The van der Waals surface area contributed by atoms with Crippen molar-refractivity contribution in [3.8, 4) is 0 Å². The van der Waals surface area contributed by atoms with Crippen molar-refractivity contribution in [1.29, 1.82) is 0 Å². The summed E-state index contributed by atoms with van der Waals surface area (Å²) in [7, 11) is 0. The standard InChI is InChI=1S/C14H11BrN2O3/c15-10-4-3-9(20-10)6-16-17-13(18)11-7-1-2-8(5-7)12(11)14(17)19/h1-4,6-8,11-12H,5H2/b16-6-/t7-,8-,11-,12+/m0/s1. The van der Waals surface area contributed by atoms with Gasteiger partial charge in [-0.3, -0.25) is 9.59 Å². The number of imide groups is 1. The summed E-state index contributed by atoms with van der Waals surface area (Å²) >= 11 is 3.19. The van der Waals surface area contributed by atoms with Crippen LogP contribution in [0.4, 0.5) is 0 Å². The summed E-state index contributed by atoms with van der Waals surface area (Å²) in [6.07, 6.45) is 6.45. The van der Waals surface area contributed by atoms with Gasteiger partial charge in [0.1, 0.15) is 5.76 Å². The van der Waals surface area contributed by atoms with Crippen LogP contribution in [-0.2, 0) is 9.59 Å². The van der Waals surface area contributed by atoms with E-state index >= 15 is 0 Å². The van der Waals surface area contributed by atoms with Crippen LogP contribution in [0.15, 0.2) is 38.5 Å². The van der Waals surface area contributed by atoms with Crippen LogP contribution in [0.1, 0.15) is 12.2 Å². The highest BCUT2D eigenvalue weighted by molar-refractivity contribution is 9.10. The van der Waals surface area contributed by atoms with E-state index in [0.29, 0.717) is 10.4 Å². The van der Waals surface area contributed by atoms with Crippen molar-refractivity contribution in [2.24, 2.45) is 28.8 Å². The third-order valence-electron chi connectivity index (χ3n) is 4.34. The average molecular weight is 335 g/mol. The third kappa shape index (κ3) is 1.57. The first kappa shape index (κ1) is 12.1. The van der Waals surface area contributed by atoms with Crippen molar-refractivity contribution in [1.82, 2.24) is 5.01 Å². The molecule has 0 aromatic carbocycles. The molecule has 2 bridgehead atoms. The fourth-order valence-corrected chi connectivity index (χ4v) is 3.83. The highest BCUT2D eigenvalue weighted by Crippen LogP contribution is 2.52. The lowest BCUT2D eigenvalue weighted by molar-refractivity contribution is -0.140. The number of hydrogen-bond donors (Lipinski definition) is 0. The Hall–Kier alpha value is -1.69. The fraction of sp³-hybridized carbons (Fsp3) is 0.357. The van der Waals surface area contributed by atoms with Crippen molar-refractivity contribution in [3.05, 3.63) is 34.7 Å². The molecule has 2 aliphatic carbocycles. The second kappa shape index (κ2) is 4.15. The molecular weight excluding hydrogens is 324 g/mol. The Morgan fingerprint density at radius 1 is 1.20 bits per heavy atom. The zero-order valence-electron chi connectivity index (χ0n) is 10.4. The van der Waals surface area contributed by atoms with Gasteiger partial charge >= 0.3 is 0 Å². The Morgan fingerprint density at radius 3 is 2.40 bits per heavy atom. The first-order valence-corrected chi connectivity index (χ1v) is 7.30. The normalized spacial score (nSPS) is 34.8. The number of carbonyl (C=O) groups excluding carboxylic acids is 2. The van der Waals surface area contributed by atoms with Crippen molar-refractivity contribution < 1.29 is 14.0 Å². The molecule has 0 radical (unpaired) electrons. The van der Waals surface area contributed by atoms with Crippen LogP contribution < -0.4 is 0 Å². The molecule has 1 aromatic heterocycles. The maximum absolute atomic E-state index is 12.3. The lowest BCUT2D eigenvalue weighted by Gasteiger charge is -2.13. The lowest BCUT2D eigenvalue weighted by atomic mass is 9.85. The van der Waals surface area contributed by atoms with Crippen LogP contribution >= 0.6 is 15.9 Å². The molecule has 1 aromatic rings. The Kier molecular flexibility index (Phi) is 2.51. The Bertz CT molecular complexity index is 633. The summed E-state index contributed by atoms with van der Waals surface area (Å²) in [5, 5.41) is 5.03. The molecule has 0 spiro atoms. The maximum atomic E-state index is 12.3. The van der Waals surface area contributed by atoms with Gasteiger partial charge in [0.25, 0.3) is 11.8 Å². The number of allylic oxidation sites excluding steroid dienone is 2. The number of nitrogens with zero attached hydrogens (tertiary/aromatic N) is 2. The van der Waals surface area contributed by atoms with Crippen molar-refractivity contribution >= 4 is 34.0 Å². The topological polar surface area (TPSA) is 62.9 Å². The summed E-state index contributed by atoms with van der Waals surface area (Å²) in [6.45, 7) is 0. The van der Waals surface area contributed by atoms with Gasteiger partial charge in [0, 0.05) is 0 Å². The highest BCUT2D eigenvalue weighted by Gasteiger charge is 2.59. The molecule has 1 aliphatic heterocycles. The molecule has 2 heterocycles. The molecule has 102 valence electrons. The predicted octanol–water partition coefficient (Wildman–Crippen LogP) is 2.18. The molecule has 1 saturated heterocycles. The Balaban J connectivity index is 1.60. The number of rotatable bonds is 2. The van der Waals surface area contributed by atoms with Gasteiger partial charge in [-0.25, -0.2) is 0 Å². The van der Waals surface area contributed by atoms with Crippen LogP contribution in [-0.4, -0.2) is 23.0 Å². The number of furan rings is 1. The first-order chi connectivity index (χ1) is 9.65. The first-order valence-electron chi connectivity index (χ1n) is 6.50. The van der Waals surface area contributed by atoms with Crippen LogP contribution in [0, 0.1) is 23.7 Å². The van der Waals surface area contributed by atoms with E-state index in [0.717, 1.165) is 11.4 Å². The number of halogens is 1. The number of amides is 2. The van der Waals surface area contributed by atoms with Gasteiger partial charge in [0.05, 0.1) is 18.1 Å². The van der Waals surface area contributed by atoms with Gasteiger partial charge < -0.3 is 4.42 Å². The van der Waals surface area contributed by atoms with Crippen LogP contribution in [0.5, 0.6) is 0 Å². The Labute approximate surface area is 123 Å². The lowest BCUT2D eigenvalue weighted by Crippen LogP contribution is -2.28. The minimum atomic E-state index is -0.210. The molecule has 0 N–H and O–H groups in total. The van der Waals surface area contributed by atoms with Crippen LogP contribution in [0.3, 0.4) is 0 Å². The maximum Gasteiger partial charge on any atom is 0.254 e. The molecule has 6 heteroatoms. The number of fused-ring (bicyclic) bond motifs is 5.